The number of hydrogen-bond acceptors (Lipinski definition) is 6. The summed E-state index contributed by atoms with van der Waals surface area (Å²) < 4.78 is 40.7. The van der Waals surface area contributed by atoms with Gasteiger partial charge in [0.25, 0.3) is 5.91 Å². The zero-order valence-corrected chi connectivity index (χ0v) is 17.0. The van der Waals surface area contributed by atoms with Gasteiger partial charge >= 0.3 is 0 Å². The van der Waals surface area contributed by atoms with Gasteiger partial charge in [-0.2, -0.15) is 0 Å². The lowest BCUT2D eigenvalue weighted by Gasteiger charge is -2.21. The summed E-state index contributed by atoms with van der Waals surface area (Å²) in [4.78, 5) is 14.6. The molecule has 0 saturated carbocycles. The first-order valence-electron chi connectivity index (χ1n) is 9.14. The molecule has 0 N–H and O–H groups in total. The molecule has 0 radical (unpaired) electrons. The lowest BCUT2D eigenvalue weighted by atomic mass is 10.1. The molecule has 29 heavy (non-hydrogen) atoms. The Hall–Kier alpha value is -3.00. The minimum atomic E-state index is -3.35. The zero-order chi connectivity index (χ0) is 20.6. The first-order valence-corrected chi connectivity index (χ1v) is 11.2. The normalized spacial score (nSPS) is 13.4. The van der Waals surface area contributed by atoms with Crippen molar-refractivity contribution in [2.24, 2.45) is 0 Å². The third-order valence-corrected chi connectivity index (χ3v) is 5.49. The molecule has 7 nitrogen and oxygen atoms in total. The highest BCUT2D eigenvalue weighted by atomic mass is 32.2. The summed E-state index contributed by atoms with van der Waals surface area (Å²) >= 11 is 0. The summed E-state index contributed by atoms with van der Waals surface area (Å²) in [6, 6.07) is 12.6. The van der Waals surface area contributed by atoms with E-state index >= 15 is 0 Å². The molecular formula is C21H21NO6S. The molecule has 3 aromatic rings. The van der Waals surface area contributed by atoms with Crippen LogP contribution >= 0.6 is 0 Å². The topological polar surface area (TPSA) is 86.1 Å². The highest BCUT2D eigenvalue weighted by Gasteiger charge is 2.26. The van der Waals surface area contributed by atoms with Gasteiger partial charge in [0.1, 0.15) is 18.8 Å². The first kappa shape index (κ1) is 19.3. The number of amides is 1. The number of carbonyl (C=O) groups is 1. The van der Waals surface area contributed by atoms with E-state index in [4.69, 9.17) is 13.9 Å². The van der Waals surface area contributed by atoms with Gasteiger partial charge in [-0.15, -0.1) is 0 Å². The van der Waals surface area contributed by atoms with Crippen LogP contribution in [0.2, 0.25) is 0 Å². The van der Waals surface area contributed by atoms with E-state index in [9.17, 15) is 13.2 Å². The summed E-state index contributed by atoms with van der Waals surface area (Å²) in [5, 5.41) is 0.633. The largest absolute Gasteiger partial charge is 0.486 e. The predicted molar refractivity (Wildman–Crippen MR) is 108 cm³/mol. The van der Waals surface area contributed by atoms with Gasteiger partial charge in [0, 0.05) is 30.8 Å². The van der Waals surface area contributed by atoms with Gasteiger partial charge in [-0.1, -0.05) is 24.3 Å². The fraction of sp³-hybridized carbons (Fsp3) is 0.286. The van der Waals surface area contributed by atoms with E-state index < -0.39 is 9.84 Å². The SMILES string of the molecule is CN(Cc1ccc2c(c1)OCCO2)C(=O)c1oc2ccccc2c1CS(C)(=O)=O. The Balaban J connectivity index is 1.63. The van der Waals surface area contributed by atoms with Gasteiger partial charge in [-0.05, 0) is 23.8 Å². The Bertz CT molecular complexity index is 1180. The molecule has 2 aromatic carbocycles. The van der Waals surface area contributed by atoms with Crippen LogP contribution in [0, 0.1) is 0 Å². The Morgan fingerprint density at radius 3 is 2.55 bits per heavy atom. The van der Waals surface area contributed by atoms with Gasteiger partial charge in [0.15, 0.2) is 27.1 Å². The zero-order valence-electron chi connectivity index (χ0n) is 16.2. The Morgan fingerprint density at radius 1 is 1.07 bits per heavy atom. The van der Waals surface area contributed by atoms with Crippen LogP contribution < -0.4 is 9.47 Å². The molecule has 0 spiro atoms. The Labute approximate surface area is 168 Å². The molecule has 0 bridgehead atoms. The molecule has 0 unspecified atom stereocenters. The van der Waals surface area contributed by atoms with E-state index in [0.29, 0.717) is 47.8 Å². The number of fused-ring (bicyclic) bond motifs is 2. The van der Waals surface area contributed by atoms with Crippen molar-refractivity contribution in [2.75, 3.05) is 26.5 Å². The fourth-order valence-electron chi connectivity index (χ4n) is 3.38. The summed E-state index contributed by atoms with van der Waals surface area (Å²) in [7, 11) is -1.70. The van der Waals surface area contributed by atoms with Gasteiger partial charge in [-0.25, -0.2) is 8.42 Å². The monoisotopic (exact) mass is 415 g/mol. The molecule has 1 aliphatic heterocycles. The highest BCUT2D eigenvalue weighted by molar-refractivity contribution is 7.89. The molecule has 1 aliphatic rings. The molecule has 8 heteroatoms. The fourth-order valence-corrected chi connectivity index (χ4v) is 4.19. The Kier molecular flexibility index (Phi) is 4.96. The second-order valence-corrected chi connectivity index (χ2v) is 9.26. The number of carbonyl (C=O) groups excluding carboxylic acids is 1. The molecule has 0 atom stereocenters. The van der Waals surface area contributed by atoms with Crippen LogP contribution in [-0.4, -0.2) is 45.7 Å². The van der Waals surface area contributed by atoms with Crippen molar-refractivity contribution in [2.45, 2.75) is 12.3 Å². The third kappa shape index (κ3) is 4.07. The van der Waals surface area contributed by atoms with Crippen molar-refractivity contribution in [3.8, 4) is 11.5 Å². The van der Waals surface area contributed by atoms with Gasteiger partial charge in [0.2, 0.25) is 0 Å². The average molecular weight is 415 g/mol. The van der Waals surface area contributed by atoms with Crippen LogP contribution in [-0.2, 0) is 22.1 Å². The van der Waals surface area contributed by atoms with Crippen molar-refractivity contribution in [3.63, 3.8) is 0 Å². The van der Waals surface area contributed by atoms with Crippen LogP contribution in [0.5, 0.6) is 11.5 Å². The van der Waals surface area contributed by atoms with Crippen LogP contribution in [0.15, 0.2) is 46.9 Å². The summed E-state index contributed by atoms with van der Waals surface area (Å²) in [6.07, 6.45) is 1.14. The van der Waals surface area contributed by atoms with Gasteiger partial charge in [-0.3, -0.25) is 4.79 Å². The van der Waals surface area contributed by atoms with E-state index in [0.717, 1.165) is 11.8 Å². The highest BCUT2D eigenvalue weighted by Crippen LogP contribution is 2.32. The number of rotatable bonds is 5. The second kappa shape index (κ2) is 7.44. The molecule has 2 heterocycles. The maximum absolute atomic E-state index is 13.1. The van der Waals surface area contributed by atoms with E-state index in [1.54, 1.807) is 31.3 Å². The van der Waals surface area contributed by atoms with Gasteiger partial charge < -0.3 is 18.8 Å². The molecule has 1 amide bonds. The molecule has 0 aliphatic carbocycles. The third-order valence-electron chi connectivity index (χ3n) is 4.67. The van der Waals surface area contributed by atoms with Crippen LogP contribution in [0.1, 0.15) is 21.7 Å². The maximum Gasteiger partial charge on any atom is 0.289 e. The van der Waals surface area contributed by atoms with E-state index in [1.165, 1.54) is 4.90 Å². The molecule has 152 valence electrons. The van der Waals surface area contributed by atoms with Crippen molar-refractivity contribution in [3.05, 3.63) is 59.4 Å². The van der Waals surface area contributed by atoms with Gasteiger partial charge in [0.05, 0.1) is 5.75 Å². The minimum absolute atomic E-state index is 0.0525. The lowest BCUT2D eigenvalue weighted by Crippen LogP contribution is -2.27. The van der Waals surface area contributed by atoms with E-state index in [1.807, 2.05) is 18.2 Å². The van der Waals surface area contributed by atoms with E-state index in [-0.39, 0.29) is 17.4 Å². The van der Waals surface area contributed by atoms with Crippen molar-refractivity contribution in [1.82, 2.24) is 4.90 Å². The second-order valence-electron chi connectivity index (χ2n) is 7.12. The molecule has 0 saturated heterocycles. The standard InChI is InChI=1S/C21H21NO6S/c1-22(12-14-7-8-18-19(11-14)27-10-9-26-18)21(23)20-16(13-29(2,24)25)15-5-3-4-6-17(15)28-20/h3-8,11H,9-10,12-13H2,1-2H3. The first-order chi connectivity index (χ1) is 13.8. The number of ether oxygens (including phenoxy) is 2. The number of hydrogen-bond donors (Lipinski definition) is 0. The molecule has 1 aromatic heterocycles. The smallest absolute Gasteiger partial charge is 0.289 e. The number of nitrogens with zero attached hydrogens (tertiary/aromatic N) is 1. The van der Waals surface area contributed by atoms with Crippen molar-refractivity contribution >= 4 is 26.7 Å². The van der Waals surface area contributed by atoms with E-state index in [2.05, 4.69) is 0 Å². The number of furan rings is 1. The molecular weight excluding hydrogens is 394 g/mol. The van der Waals surface area contributed by atoms with Crippen LogP contribution in [0.25, 0.3) is 11.0 Å². The Morgan fingerprint density at radius 2 is 1.79 bits per heavy atom. The summed E-state index contributed by atoms with van der Waals surface area (Å²) in [5.74, 6) is 0.743. The predicted octanol–water partition coefficient (Wildman–Crippen LogP) is 3.02. The average Bonchev–Trinajstić information content (AvgIpc) is 3.04. The number of para-hydroxylation sites is 1. The number of benzene rings is 2. The summed E-state index contributed by atoms with van der Waals surface area (Å²) in [5.41, 5.74) is 1.75. The molecule has 4 rings (SSSR count). The van der Waals surface area contributed by atoms with Crippen molar-refractivity contribution in [1.29, 1.82) is 0 Å². The maximum atomic E-state index is 13.1. The lowest BCUT2D eigenvalue weighted by molar-refractivity contribution is 0.0754. The minimum Gasteiger partial charge on any atom is -0.486 e. The molecule has 0 fully saturated rings. The quantitative estimate of drug-likeness (QED) is 0.637. The number of sulfone groups is 1. The van der Waals surface area contributed by atoms with Crippen LogP contribution in [0.4, 0.5) is 0 Å². The summed E-state index contributed by atoms with van der Waals surface area (Å²) in [6.45, 7) is 1.31. The van der Waals surface area contributed by atoms with Crippen LogP contribution in [0.3, 0.4) is 0 Å². The van der Waals surface area contributed by atoms with Crippen molar-refractivity contribution < 1.29 is 27.1 Å².